The van der Waals surface area contributed by atoms with Gasteiger partial charge in [0.15, 0.2) is 11.6 Å². The highest BCUT2D eigenvalue weighted by atomic mass is 35.5. The van der Waals surface area contributed by atoms with E-state index in [2.05, 4.69) is 15.2 Å². The first-order chi connectivity index (χ1) is 40.6. The van der Waals surface area contributed by atoms with Gasteiger partial charge in [-0.3, -0.25) is 18.6 Å². The van der Waals surface area contributed by atoms with Crippen LogP contribution in [0.25, 0.3) is 54.6 Å². The van der Waals surface area contributed by atoms with E-state index in [1.807, 2.05) is 110 Å². The number of anilines is 2. The molecule has 6 N–H and O–H groups in total. The van der Waals surface area contributed by atoms with Crippen LogP contribution >= 0.6 is 27.1 Å². The number of nitrogens with two attached hydrogens (primary N) is 2. The summed E-state index contributed by atoms with van der Waals surface area (Å²) < 4.78 is 81.3. The molecule has 0 saturated carbocycles. The van der Waals surface area contributed by atoms with Crippen molar-refractivity contribution in [1.29, 1.82) is 0 Å². The number of aromatic nitrogens is 6. The maximum absolute atomic E-state index is 15.2. The zero-order chi connectivity index (χ0) is 60.7. The molecule has 0 aliphatic heterocycles. The van der Waals surface area contributed by atoms with Crippen LogP contribution in [0.3, 0.4) is 0 Å². The molecule has 9 aromatic rings. The number of imidazole rings is 2. The van der Waals surface area contributed by atoms with E-state index < -0.39 is 63.8 Å². The van der Waals surface area contributed by atoms with Crippen LogP contribution in [0, 0.1) is 0 Å². The van der Waals surface area contributed by atoms with Crippen molar-refractivity contribution in [3.8, 4) is 11.5 Å². The average molecular weight is 1220 g/mol. The van der Waals surface area contributed by atoms with Gasteiger partial charge in [0.25, 0.3) is 0 Å². The van der Waals surface area contributed by atoms with Gasteiger partial charge in [-0.2, -0.15) is 10.2 Å². The molecular formula is C60H71ClN10O12P2. The van der Waals surface area contributed by atoms with E-state index in [-0.39, 0.29) is 56.0 Å². The van der Waals surface area contributed by atoms with Crippen LogP contribution in [0.5, 0.6) is 11.5 Å². The number of nitrogens with zero attached hydrogens (tertiary/aromatic N) is 6. The number of nitrogens with one attached hydrogen (secondary N) is 2. The van der Waals surface area contributed by atoms with Crippen molar-refractivity contribution in [2.24, 2.45) is 0 Å². The molecule has 0 radical (unpaired) electrons. The number of rotatable bonds is 28. The summed E-state index contributed by atoms with van der Waals surface area (Å²) >= 11 is 6.13. The number of ether oxygens (including phenoxy) is 4. The van der Waals surface area contributed by atoms with Crippen LogP contribution < -0.4 is 30.7 Å². The largest absolute Gasteiger partial charge is 0.462 e. The minimum Gasteiger partial charge on any atom is -0.462 e. The van der Waals surface area contributed by atoms with E-state index in [0.717, 1.165) is 21.7 Å². The van der Waals surface area contributed by atoms with Crippen LogP contribution in [0.15, 0.2) is 109 Å². The molecule has 0 amide bonds. The summed E-state index contributed by atoms with van der Waals surface area (Å²) in [5, 5.41) is 9.31. The number of pyridine rings is 2. The second-order valence-electron chi connectivity index (χ2n) is 20.9. The molecule has 9 rings (SSSR count). The van der Waals surface area contributed by atoms with E-state index >= 15 is 4.57 Å². The number of carbonyl (C=O) groups is 2. The van der Waals surface area contributed by atoms with Gasteiger partial charge in [-0.25, -0.2) is 29.1 Å². The number of carbonyl (C=O) groups excluding carboxylic acids is 2. The Labute approximate surface area is 497 Å². The summed E-state index contributed by atoms with van der Waals surface area (Å²) in [7, 11) is -8.70. The summed E-state index contributed by atoms with van der Waals surface area (Å²) in [6.45, 7) is 16.4. The molecule has 22 nitrogen and oxygen atoms in total. The van der Waals surface area contributed by atoms with Gasteiger partial charge < -0.3 is 48.6 Å². The lowest BCUT2D eigenvalue weighted by Crippen LogP contribution is -2.37. The Balaban J connectivity index is 0.939. The van der Waals surface area contributed by atoms with Crippen molar-refractivity contribution in [2.45, 2.75) is 118 Å². The summed E-state index contributed by atoms with van der Waals surface area (Å²) in [5.74, 6) is 0.537. The molecule has 1 unspecified atom stereocenters. The van der Waals surface area contributed by atoms with Gasteiger partial charge in [-0.1, -0.05) is 72.3 Å². The SMILES string of the molecule is CCOCc1nc2c(N)nc3cc(CC(C)OC(=O)[C@H](C)N[P@](=O)(OC[C@H](C)n4c(COCC)nc5c(N)nc6ccccc6c54)Oc4ccc5ccccc5c4)ccc3c2n1[C@H](C)CO[P@@](=O)(N[C@@H](C)C(=O)OC(C)C)Oc1ccc(Cl)cc1. The molecule has 0 aliphatic rings. The first kappa shape index (κ1) is 62.3. The van der Waals surface area contributed by atoms with Gasteiger partial charge in [0.1, 0.15) is 65.6 Å². The normalized spacial score (nSPS) is 15.2. The summed E-state index contributed by atoms with van der Waals surface area (Å²) in [6.07, 6.45) is -0.859. The first-order valence-electron chi connectivity index (χ1n) is 28.0. The molecule has 5 aromatic carbocycles. The highest BCUT2D eigenvalue weighted by Crippen LogP contribution is 2.48. The molecular weight excluding hydrogens is 1150 g/mol. The van der Waals surface area contributed by atoms with Gasteiger partial charge in [0.2, 0.25) is 0 Å². The number of para-hydroxylation sites is 1. The molecule has 0 spiro atoms. The Hall–Kier alpha value is -7.23. The predicted molar refractivity (Wildman–Crippen MR) is 328 cm³/mol. The quantitative estimate of drug-likeness (QED) is 0.0262. The van der Waals surface area contributed by atoms with Gasteiger partial charge in [0, 0.05) is 35.4 Å². The fourth-order valence-electron chi connectivity index (χ4n) is 9.83. The van der Waals surface area contributed by atoms with E-state index in [0.29, 0.717) is 68.4 Å². The lowest BCUT2D eigenvalue weighted by molar-refractivity contribution is -0.150. The van der Waals surface area contributed by atoms with Gasteiger partial charge in [-0.15, -0.1) is 0 Å². The number of fused-ring (bicyclic) bond motifs is 7. The van der Waals surface area contributed by atoms with Gasteiger partial charge in [0.05, 0.1) is 53.5 Å². The first-order valence-corrected chi connectivity index (χ1v) is 31.5. The number of hydrogen-bond acceptors (Lipinski definition) is 18. The summed E-state index contributed by atoms with van der Waals surface area (Å²) in [5.41, 5.74) is 17.3. The number of esters is 2. The third-order valence-corrected chi connectivity index (χ3v) is 17.3. The zero-order valence-electron chi connectivity index (χ0n) is 48.8. The number of hydrogen-bond donors (Lipinski definition) is 4. The van der Waals surface area contributed by atoms with Gasteiger partial charge >= 0.3 is 27.4 Å². The Morgan fingerprint density at radius 1 is 0.588 bits per heavy atom. The Morgan fingerprint density at radius 2 is 1.09 bits per heavy atom. The number of halogens is 1. The average Bonchev–Trinajstić information content (AvgIpc) is 1.74. The van der Waals surface area contributed by atoms with Crippen molar-refractivity contribution < 1.29 is 55.8 Å². The Morgan fingerprint density at radius 3 is 1.67 bits per heavy atom. The fourth-order valence-corrected chi connectivity index (χ4v) is 13.1. The van der Waals surface area contributed by atoms with Crippen LogP contribution in [0.2, 0.25) is 5.02 Å². The van der Waals surface area contributed by atoms with Gasteiger partial charge in [-0.05, 0) is 127 Å². The molecule has 0 aliphatic carbocycles. The topological polar surface area (TPSA) is 280 Å². The maximum atomic E-state index is 15.2. The third-order valence-electron chi connectivity index (χ3n) is 13.7. The summed E-state index contributed by atoms with van der Waals surface area (Å²) in [4.78, 5) is 46.1. The van der Waals surface area contributed by atoms with Crippen molar-refractivity contribution >= 4 is 105 Å². The molecule has 4 aromatic heterocycles. The molecule has 0 bridgehead atoms. The molecule has 0 fully saturated rings. The Kier molecular flexibility index (Phi) is 19.8. The predicted octanol–water partition coefficient (Wildman–Crippen LogP) is 12.1. The molecule has 0 saturated heterocycles. The highest BCUT2D eigenvalue weighted by Gasteiger charge is 2.36. The van der Waals surface area contributed by atoms with Crippen LogP contribution in [0.1, 0.15) is 91.6 Å². The molecule has 450 valence electrons. The molecule has 25 heteroatoms. The number of benzene rings is 5. The smallest absolute Gasteiger partial charge is 0.459 e. The maximum Gasteiger partial charge on any atom is 0.459 e. The monoisotopic (exact) mass is 1220 g/mol. The minimum atomic E-state index is -4.40. The van der Waals surface area contributed by atoms with Crippen LogP contribution in [-0.4, -0.2) is 91.7 Å². The highest BCUT2D eigenvalue weighted by molar-refractivity contribution is 7.52. The number of nitrogen functional groups attached to an aromatic ring is 2. The second kappa shape index (κ2) is 27.0. The van der Waals surface area contributed by atoms with Crippen molar-refractivity contribution in [3.05, 3.63) is 131 Å². The van der Waals surface area contributed by atoms with E-state index in [1.165, 1.54) is 26.0 Å². The van der Waals surface area contributed by atoms with Crippen LogP contribution in [-0.2, 0) is 66.3 Å². The van der Waals surface area contributed by atoms with Crippen molar-refractivity contribution in [1.82, 2.24) is 39.2 Å². The molecule has 4 heterocycles. The lowest BCUT2D eigenvalue weighted by Gasteiger charge is -2.26. The van der Waals surface area contributed by atoms with E-state index in [1.54, 1.807) is 45.0 Å². The molecule has 85 heavy (non-hydrogen) atoms. The van der Waals surface area contributed by atoms with E-state index in [9.17, 15) is 14.2 Å². The standard InChI is InChI=1S/C60H71ClN10O12P2/c1-10-76-33-51-66-53-55(47-18-14-15-19-49(47)64-57(53)62)70(51)36(5)32-79-85(75,83-46-24-21-42-16-12-13-17-43(42)30-46)69-40(9)60(73)81-38(7)28-41-20-27-48-50(29-41)65-58(63)54-56(48)71(52(67-54)34-77-11-2)37(6)31-78-84(74,68-39(8)59(72)80-35(3)4)82-45-25-22-44(61)23-26-45/h12-27,29-30,35-40H,10-11,28,31-34H2,1-9H3,(H2,62,64)(H2,63,65)(H,68,74)(H,69,75)/t36-,37+,38?,39-,40-,84-,85-/m0/s1. The second-order valence-corrected chi connectivity index (χ2v) is 24.7. The Bertz CT molecular complexity index is 3980. The molecule has 7 atom stereocenters. The van der Waals surface area contributed by atoms with Crippen LogP contribution in [0.4, 0.5) is 11.6 Å². The summed E-state index contributed by atoms with van der Waals surface area (Å²) in [6, 6.07) is 29.0. The van der Waals surface area contributed by atoms with Crippen molar-refractivity contribution in [2.75, 3.05) is 37.9 Å². The zero-order valence-corrected chi connectivity index (χ0v) is 51.4. The lowest BCUT2D eigenvalue weighted by atomic mass is 10.0. The third kappa shape index (κ3) is 14.7. The van der Waals surface area contributed by atoms with Crippen molar-refractivity contribution in [3.63, 3.8) is 0 Å². The fraction of sp³-hybridized carbons (Fsp3) is 0.367. The minimum absolute atomic E-state index is 0.0978. The van der Waals surface area contributed by atoms with E-state index in [4.69, 9.17) is 75.1 Å².